The Morgan fingerprint density at radius 3 is 2.53 bits per heavy atom. The zero-order chi connectivity index (χ0) is 13.1. The Morgan fingerprint density at radius 2 is 1.94 bits per heavy atom. The van der Waals surface area contributed by atoms with Gasteiger partial charge in [0.1, 0.15) is 11.6 Å². The van der Waals surface area contributed by atoms with Gasteiger partial charge in [-0.1, -0.05) is 0 Å². The van der Waals surface area contributed by atoms with Crippen molar-refractivity contribution in [3.63, 3.8) is 0 Å². The monoisotopic (exact) mass is 243 g/mol. The molecule has 0 fully saturated rings. The van der Waals surface area contributed by atoms with Crippen molar-refractivity contribution in [2.24, 2.45) is 0 Å². The van der Waals surface area contributed by atoms with Gasteiger partial charge in [-0.2, -0.15) is 0 Å². The first kappa shape index (κ1) is 14.1. The van der Waals surface area contributed by atoms with Crippen LogP contribution in [-0.2, 0) is 6.42 Å². The van der Waals surface area contributed by atoms with Crippen molar-refractivity contribution in [2.45, 2.75) is 25.9 Å². The van der Waals surface area contributed by atoms with E-state index in [9.17, 15) is 13.9 Å². The summed E-state index contributed by atoms with van der Waals surface area (Å²) in [4.78, 5) is 1.89. The molecule has 0 heterocycles. The number of benzene rings is 1. The molecule has 0 aliphatic rings. The summed E-state index contributed by atoms with van der Waals surface area (Å²) >= 11 is 0. The van der Waals surface area contributed by atoms with Gasteiger partial charge in [-0.15, -0.1) is 0 Å². The molecule has 0 atom stereocenters. The minimum Gasteiger partial charge on any atom is -0.389 e. The van der Waals surface area contributed by atoms with Crippen LogP contribution in [0.1, 0.15) is 19.4 Å². The lowest BCUT2D eigenvalue weighted by molar-refractivity contribution is 0.0449. The second kappa shape index (κ2) is 5.56. The maximum absolute atomic E-state index is 13.3. The molecule has 1 aromatic carbocycles. The minimum absolute atomic E-state index is 0.368. The largest absolute Gasteiger partial charge is 0.389 e. The molecule has 1 aromatic rings. The number of likely N-dealkylation sites (N-methyl/N-ethyl adjacent to an activating group) is 1. The van der Waals surface area contributed by atoms with Crippen molar-refractivity contribution < 1.29 is 13.9 Å². The van der Waals surface area contributed by atoms with Crippen LogP contribution >= 0.6 is 0 Å². The summed E-state index contributed by atoms with van der Waals surface area (Å²) in [6.07, 6.45) is 0.427. The molecule has 0 aliphatic heterocycles. The summed E-state index contributed by atoms with van der Waals surface area (Å²) in [6, 6.07) is 3.47. The summed E-state index contributed by atoms with van der Waals surface area (Å²) in [6.45, 7) is 4.49. The van der Waals surface area contributed by atoms with Gasteiger partial charge in [0.15, 0.2) is 0 Å². The molecular weight excluding hydrogens is 224 g/mol. The molecule has 4 heteroatoms. The van der Waals surface area contributed by atoms with Crippen molar-refractivity contribution >= 4 is 0 Å². The Balaban J connectivity index is 2.53. The third-order valence-electron chi connectivity index (χ3n) is 2.43. The Morgan fingerprint density at radius 1 is 1.29 bits per heavy atom. The average Bonchev–Trinajstić information content (AvgIpc) is 2.17. The maximum atomic E-state index is 13.3. The Kier molecular flexibility index (Phi) is 4.60. The molecule has 2 nitrogen and oxygen atoms in total. The van der Waals surface area contributed by atoms with Crippen molar-refractivity contribution in [1.29, 1.82) is 0 Å². The Hall–Kier alpha value is -1.00. The topological polar surface area (TPSA) is 23.5 Å². The van der Waals surface area contributed by atoms with E-state index in [1.54, 1.807) is 13.8 Å². The summed E-state index contributed by atoms with van der Waals surface area (Å²) < 4.78 is 26.2. The van der Waals surface area contributed by atoms with E-state index in [0.717, 1.165) is 12.1 Å². The molecule has 96 valence electrons. The van der Waals surface area contributed by atoms with Crippen LogP contribution in [0.4, 0.5) is 8.78 Å². The van der Waals surface area contributed by atoms with Crippen molar-refractivity contribution in [3.8, 4) is 0 Å². The van der Waals surface area contributed by atoms with Crippen molar-refractivity contribution in [3.05, 3.63) is 35.4 Å². The van der Waals surface area contributed by atoms with Gasteiger partial charge in [-0.25, -0.2) is 8.78 Å². The number of rotatable bonds is 5. The van der Waals surface area contributed by atoms with E-state index in [1.165, 1.54) is 6.07 Å². The maximum Gasteiger partial charge on any atom is 0.126 e. The lowest BCUT2D eigenvalue weighted by Crippen LogP contribution is -2.37. The fourth-order valence-electron chi connectivity index (χ4n) is 1.79. The van der Waals surface area contributed by atoms with Gasteiger partial charge in [0, 0.05) is 13.1 Å². The SMILES string of the molecule is CN(CCc1cc(F)ccc1F)CC(C)(C)O. The highest BCUT2D eigenvalue weighted by Crippen LogP contribution is 2.11. The highest BCUT2D eigenvalue weighted by atomic mass is 19.1. The molecule has 1 rings (SSSR count). The summed E-state index contributed by atoms with van der Waals surface area (Å²) in [7, 11) is 1.84. The van der Waals surface area contributed by atoms with Gasteiger partial charge in [-0.05, 0) is 51.1 Å². The molecule has 0 unspecified atom stereocenters. The third-order valence-corrected chi connectivity index (χ3v) is 2.43. The molecule has 0 aliphatic carbocycles. The Labute approximate surface area is 101 Å². The molecular formula is C13H19F2NO. The summed E-state index contributed by atoms with van der Waals surface area (Å²) in [5, 5.41) is 9.61. The van der Waals surface area contributed by atoms with E-state index in [2.05, 4.69) is 0 Å². The molecule has 0 saturated heterocycles. The summed E-state index contributed by atoms with van der Waals surface area (Å²) in [5.41, 5.74) is -0.414. The molecule has 0 spiro atoms. The zero-order valence-corrected chi connectivity index (χ0v) is 10.5. The average molecular weight is 243 g/mol. The summed E-state index contributed by atoms with van der Waals surface area (Å²) in [5.74, 6) is -0.811. The standard InChI is InChI=1S/C13H19F2NO/c1-13(2,17)9-16(3)7-6-10-8-11(14)4-5-12(10)15/h4-5,8,17H,6-7,9H2,1-3H3. The molecule has 0 bridgehead atoms. The number of hydrogen-bond donors (Lipinski definition) is 1. The van der Waals surface area contributed by atoms with Crippen LogP contribution in [-0.4, -0.2) is 35.7 Å². The van der Waals surface area contributed by atoms with Crippen LogP contribution in [0.5, 0.6) is 0 Å². The zero-order valence-electron chi connectivity index (χ0n) is 10.5. The molecule has 0 amide bonds. The first-order chi connectivity index (χ1) is 7.78. The van der Waals surface area contributed by atoms with Gasteiger partial charge in [0.25, 0.3) is 0 Å². The highest BCUT2D eigenvalue weighted by molar-refractivity contribution is 5.18. The van der Waals surface area contributed by atoms with Gasteiger partial charge in [0.05, 0.1) is 5.60 Å². The lowest BCUT2D eigenvalue weighted by Gasteiger charge is -2.25. The molecule has 0 aromatic heterocycles. The van der Waals surface area contributed by atoms with Gasteiger partial charge >= 0.3 is 0 Å². The molecule has 1 N–H and O–H groups in total. The fraction of sp³-hybridized carbons (Fsp3) is 0.538. The normalized spacial score (nSPS) is 12.2. The Bertz CT molecular complexity index is 374. The van der Waals surface area contributed by atoms with Gasteiger partial charge in [-0.3, -0.25) is 0 Å². The first-order valence-electron chi connectivity index (χ1n) is 5.63. The van der Waals surface area contributed by atoms with Crippen molar-refractivity contribution in [1.82, 2.24) is 4.90 Å². The predicted octanol–water partition coefficient (Wildman–Crippen LogP) is 2.21. The number of halogens is 2. The molecule has 0 saturated carbocycles. The van der Waals surface area contributed by atoms with Crippen LogP contribution in [0, 0.1) is 11.6 Å². The second-order valence-electron chi connectivity index (χ2n) is 5.04. The van der Waals surface area contributed by atoms with E-state index >= 15 is 0 Å². The predicted molar refractivity (Wildman–Crippen MR) is 63.9 cm³/mol. The van der Waals surface area contributed by atoms with E-state index in [4.69, 9.17) is 0 Å². The van der Waals surface area contributed by atoms with Crippen LogP contribution in [0.2, 0.25) is 0 Å². The number of aliphatic hydroxyl groups is 1. The number of nitrogens with zero attached hydrogens (tertiary/aromatic N) is 1. The van der Waals surface area contributed by atoms with Crippen molar-refractivity contribution in [2.75, 3.05) is 20.1 Å². The molecule has 17 heavy (non-hydrogen) atoms. The van der Waals surface area contributed by atoms with Crippen LogP contribution < -0.4 is 0 Å². The van der Waals surface area contributed by atoms with E-state index in [1.807, 2.05) is 11.9 Å². The van der Waals surface area contributed by atoms with Gasteiger partial charge in [0.2, 0.25) is 0 Å². The van der Waals surface area contributed by atoms with E-state index < -0.39 is 11.4 Å². The van der Waals surface area contributed by atoms with Crippen LogP contribution in [0.25, 0.3) is 0 Å². The first-order valence-corrected chi connectivity index (χ1v) is 5.63. The number of hydrogen-bond acceptors (Lipinski definition) is 2. The van der Waals surface area contributed by atoms with Crippen LogP contribution in [0.15, 0.2) is 18.2 Å². The third kappa shape index (κ3) is 5.24. The highest BCUT2D eigenvalue weighted by Gasteiger charge is 2.15. The fourth-order valence-corrected chi connectivity index (χ4v) is 1.79. The second-order valence-corrected chi connectivity index (χ2v) is 5.04. The smallest absolute Gasteiger partial charge is 0.126 e. The molecule has 0 radical (unpaired) electrons. The lowest BCUT2D eigenvalue weighted by atomic mass is 10.1. The quantitative estimate of drug-likeness (QED) is 0.857. The van der Waals surface area contributed by atoms with E-state index in [0.29, 0.717) is 25.1 Å². The van der Waals surface area contributed by atoms with Gasteiger partial charge < -0.3 is 10.0 Å². The van der Waals surface area contributed by atoms with Crippen LogP contribution in [0.3, 0.4) is 0 Å². The van der Waals surface area contributed by atoms with E-state index in [-0.39, 0.29) is 5.82 Å². The minimum atomic E-state index is -0.783.